The summed E-state index contributed by atoms with van der Waals surface area (Å²) in [7, 11) is 5.08. The molecule has 2 aromatic carbocycles. The van der Waals surface area contributed by atoms with Gasteiger partial charge in [-0.3, -0.25) is 9.79 Å². The Balaban J connectivity index is 1.78. The van der Waals surface area contributed by atoms with Gasteiger partial charge in [-0.25, -0.2) is 0 Å². The van der Waals surface area contributed by atoms with Gasteiger partial charge < -0.3 is 20.7 Å². The standard InChI is InChI=1S/C21H28N4O2/c1-22-20(26)18-9-6-7-16(15-18)11-13-24-21(23-2)25-14-12-17-8-4-5-10-19(17)27-3/h4-10,15H,11-14H2,1-3H3,(H,22,26)(H2,23,24,25). The zero-order chi connectivity index (χ0) is 19.5. The van der Waals surface area contributed by atoms with Crippen LogP contribution in [-0.4, -0.2) is 46.2 Å². The number of nitrogens with zero attached hydrogens (tertiary/aromatic N) is 1. The topological polar surface area (TPSA) is 74.8 Å². The molecule has 0 heterocycles. The number of nitrogens with one attached hydrogen (secondary N) is 3. The first-order valence-corrected chi connectivity index (χ1v) is 9.05. The summed E-state index contributed by atoms with van der Waals surface area (Å²) >= 11 is 0. The molecule has 3 N–H and O–H groups in total. The molecule has 0 saturated heterocycles. The third-order valence-electron chi connectivity index (χ3n) is 4.23. The van der Waals surface area contributed by atoms with E-state index in [2.05, 4.69) is 27.0 Å². The van der Waals surface area contributed by atoms with Gasteiger partial charge in [-0.1, -0.05) is 30.3 Å². The average molecular weight is 368 g/mol. The van der Waals surface area contributed by atoms with E-state index in [-0.39, 0.29) is 5.91 Å². The molecule has 144 valence electrons. The van der Waals surface area contributed by atoms with Gasteiger partial charge in [0.1, 0.15) is 5.75 Å². The van der Waals surface area contributed by atoms with E-state index in [1.54, 1.807) is 21.2 Å². The molecule has 2 aromatic rings. The fourth-order valence-corrected chi connectivity index (χ4v) is 2.78. The van der Waals surface area contributed by atoms with E-state index >= 15 is 0 Å². The zero-order valence-corrected chi connectivity index (χ0v) is 16.2. The van der Waals surface area contributed by atoms with Gasteiger partial charge in [0.15, 0.2) is 5.96 Å². The van der Waals surface area contributed by atoms with Crippen LogP contribution in [0.25, 0.3) is 0 Å². The van der Waals surface area contributed by atoms with Crippen LogP contribution in [0.4, 0.5) is 0 Å². The number of rotatable bonds is 8. The highest BCUT2D eigenvalue weighted by molar-refractivity contribution is 5.94. The number of methoxy groups -OCH3 is 1. The third kappa shape index (κ3) is 6.33. The van der Waals surface area contributed by atoms with Crippen molar-refractivity contribution < 1.29 is 9.53 Å². The number of benzene rings is 2. The van der Waals surface area contributed by atoms with Crippen LogP contribution in [0.2, 0.25) is 0 Å². The minimum atomic E-state index is -0.0707. The second kappa shape index (κ2) is 10.9. The van der Waals surface area contributed by atoms with Crippen LogP contribution in [0.1, 0.15) is 21.5 Å². The maximum Gasteiger partial charge on any atom is 0.251 e. The highest BCUT2D eigenvalue weighted by Crippen LogP contribution is 2.17. The van der Waals surface area contributed by atoms with E-state index in [9.17, 15) is 4.79 Å². The highest BCUT2D eigenvalue weighted by Gasteiger charge is 2.05. The predicted octanol–water partition coefficient (Wildman–Crippen LogP) is 2.00. The van der Waals surface area contributed by atoms with Gasteiger partial charge in [0.25, 0.3) is 5.91 Å². The monoisotopic (exact) mass is 368 g/mol. The van der Waals surface area contributed by atoms with Crippen molar-refractivity contribution in [3.05, 3.63) is 65.2 Å². The van der Waals surface area contributed by atoms with E-state index in [0.29, 0.717) is 5.56 Å². The maximum absolute atomic E-state index is 11.7. The SMILES string of the molecule is CN=C(NCCc1cccc(C(=O)NC)c1)NCCc1ccccc1OC. The molecule has 0 fully saturated rings. The Morgan fingerprint density at radius 2 is 1.78 bits per heavy atom. The van der Waals surface area contributed by atoms with E-state index < -0.39 is 0 Å². The minimum Gasteiger partial charge on any atom is -0.496 e. The Morgan fingerprint density at radius 3 is 2.48 bits per heavy atom. The number of carbonyl (C=O) groups excluding carboxylic acids is 1. The largest absolute Gasteiger partial charge is 0.496 e. The number of guanidine groups is 1. The molecule has 0 aliphatic rings. The third-order valence-corrected chi connectivity index (χ3v) is 4.23. The number of para-hydroxylation sites is 1. The van der Waals surface area contributed by atoms with Crippen LogP contribution in [0.5, 0.6) is 5.75 Å². The van der Waals surface area contributed by atoms with Crippen LogP contribution in [0.15, 0.2) is 53.5 Å². The number of aliphatic imine (C=N–C) groups is 1. The molecule has 0 atom stereocenters. The Bertz CT molecular complexity index is 774. The summed E-state index contributed by atoms with van der Waals surface area (Å²) < 4.78 is 5.38. The van der Waals surface area contributed by atoms with Crippen molar-refractivity contribution in [3.63, 3.8) is 0 Å². The average Bonchev–Trinajstić information content (AvgIpc) is 2.72. The summed E-state index contributed by atoms with van der Waals surface area (Å²) in [5.41, 5.74) is 2.94. The summed E-state index contributed by atoms with van der Waals surface area (Å²) in [5.74, 6) is 1.59. The summed E-state index contributed by atoms with van der Waals surface area (Å²) in [6, 6.07) is 15.7. The molecule has 2 rings (SSSR count). The van der Waals surface area contributed by atoms with Crippen molar-refractivity contribution >= 4 is 11.9 Å². The molecule has 0 radical (unpaired) electrons. The van der Waals surface area contributed by atoms with Gasteiger partial charge in [0.05, 0.1) is 7.11 Å². The van der Waals surface area contributed by atoms with Gasteiger partial charge in [-0.15, -0.1) is 0 Å². The molecule has 27 heavy (non-hydrogen) atoms. The number of hydrogen-bond donors (Lipinski definition) is 3. The lowest BCUT2D eigenvalue weighted by molar-refractivity contribution is 0.0963. The Kier molecular flexibility index (Phi) is 8.16. The Hall–Kier alpha value is -3.02. The van der Waals surface area contributed by atoms with Crippen LogP contribution in [0, 0.1) is 0 Å². The molecule has 0 aliphatic heterocycles. The first-order valence-electron chi connectivity index (χ1n) is 9.05. The Labute approximate surface area is 161 Å². The van der Waals surface area contributed by atoms with Gasteiger partial charge in [-0.2, -0.15) is 0 Å². The first-order chi connectivity index (χ1) is 13.2. The summed E-state index contributed by atoms with van der Waals surface area (Å²) in [4.78, 5) is 16.0. The normalized spacial score (nSPS) is 11.0. The number of carbonyl (C=O) groups is 1. The zero-order valence-electron chi connectivity index (χ0n) is 16.2. The lowest BCUT2D eigenvalue weighted by Crippen LogP contribution is -2.39. The summed E-state index contributed by atoms with van der Waals surface area (Å²) in [5, 5.41) is 9.26. The van der Waals surface area contributed by atoms with E-state index in [1.165, 1.54) is 0 Å². The smallest absolute Gasteiger partial charge is 0.251 e. The maximum atomic E-state index is 11.7. The first kappa shape index (κ1) is 20.3. The van der Waals surface area contributed by atoms with Crippen LogP contribution in [-0.2, 0) is 12.8 Å². The Morgan fingerprint density at radius 1 is 1.04 bits per heavy atom. The molecule has 0 bridgehead atoms. The number of hydrogen-bond acceptors (Lipinski definition) is 3. The minimum absolute atomic E-state index is 0.0707. The van der Waals surface area contributed by atoms with Crippen molar-refractivity contribution in [1.82, 2.24) is 16.0 Å². The molecule has 0 saturated carbocycles. The van der Waals surface area contributed by atoms with Crippen molar-refractivity contribution in [2.75, 3.05) is 34.3 Å². The van der Waals surface area contributed by atoms with Crippen molar-refractivity contribution in [2.24, 2.45) is 4.99 Å². The second-order valence-electron chi connectivity index (χ2n) is 6.02. The van der Waals surface area contributed by atoms with Gasteiger partial charge in [-0.05, 0) is 42.2 Å². The highest BCUT2D eigenvalue weighted by atomic mass is 16.5. The molecule has 0 unspecified atom stereocenters. The van der Waals surface area contributed by atoms with Crippen LogP contribution < -0.4 is 20.7 Å². The van der Waals surface area contributed by atoms with E-state index in [0.717, 1.165) is 48.8 Å². The molecule has 0 aromatic heterocycles. The van der Waals surface area contributed by atoms with E-state index in [1.807, 2.05) is 42.5 Å². The quantitative estimate of drug-likeness (QED) is 0.492. The van der Waals surface area contributed by atoms with Gasteiger partial charge in [0, 0.05) is 32.7 Å². The fourth-order valence-electron chi connectivity index (χ4n) is 2.78. The van der Waals surface area contributed by atoms with Crippen LogP contribution in [0.3, 0.4) is 0 Å². The molecule has 1 amide bonds. The summed E-state index contributed by atoms with van der Waals surface area (Å²) in [6.45, 7) is 1.48. The van der Waals surface area contributed by atoms with E-state index in [4.69, 9.17) is 4.74 Å². The number of amides is 1. The molecule has 6 nitrogen and oxygen atoms in total. The van der Waals surface area contributed by atoms with Crippen molar-refractivity contribution in [1.29, 1.82) is 0 Å². The second-order valence-corrected chi connectivity index (χ2v) is 6.02. The van der Waals surface area contributed by atoms with Crippen molar-refractivity contribution in [3.8, 4) is 5.75 Å². The van der Waals surface area contributed by atoms with Gasteiger partial charge >= 0.3 is 0 Å². The van der Waals surface area contributed by atoms with Crippen LogP contribution >= 0.6 is 0 Å². The fraction of sp³-hybridized carbons (Fsp3) is 0.333. The van der Waals surface area contributed by atoms with Gasteiger partial charge in [0.2, 0.25) is 0 Å². The molecule has 6 heteroatoms. The molecular formula is C21H28N4O2. The lowest BCUT2D eigenvalue weighted by Gasteiger charge is -2.13. The molecule has 0 spiro atoms. The van der Waals surface area contributed by atoms with Crippen molar-refractivity contribution in [2.45, 2.75) is 12.8 Å². The number of ether oxygens (including phenoxy) is 1. The molecular weight excluding hydrogens is 340 g/mol. The lowest BCUT2D eigenvalue weighted by atomic mass is 10.1. The predicted molar refractivity (Wildman–Crippen MR) is 110 cm³/mol. The summed E-state index contributed by atoms with van der Waals surface area (Å²) in [6.07, 6.45) is 1.65. The molecule has 0 aliphatic carbocycles.